The zero-order valence-corrected chi connectivity index (χ0v) is 12.9. The molecule has 2 nitrogen and oxygen atoms in total. The van der Waals surface area contributed by atoms with Crippen molar-refractivity contribution in [3.05, 3.63) is 29.1 Å². The van der Waals surface area contributed by atoms with Gasteiger partial charge in [0.1, 0.15) is 5.82 Å². The lowest BCUT2D eigenvalue weighted by atomic mass is 9.76. The molecule has 1 aromatic rings. The van der Waals surface area contributed by atoms with Gasteiger partial charge in [0, 0.05) is 5.46 Å². The lowest BCUT2D eigenvalue weighted by Gasteiger charge is -2.32. The van der Waals surface area contributed by atoms with Crippen LogP contribution in [-0.4, -0.2) is 18.3 Å². The smallest absolute Gasteiger partial charge is 0.399 e. The minimum absolute atomic E-state index is 0.231. The zero-order valence-electron chi connectivity index (χ0n) is 12.9. The highest BCUT2D eigenvalue weighted by molar-refractivity contribution is 6.62. The molecule has 108 valence electrons. The van der Waals surface area contributed by atoms with Crippen molar-refractivity contribution in [2.24, 2.45) is 0 Å². The summed E-state index contributed by atoms with van der Waals surface area (Å²) in [5.74, 6) is 0.363. The lowest BCUT2D eigenvalue weighted by Crippen LogP contribution is -2.41. The SMILES string of the molecule is Cc1cc(F)c(B2OC(C)(C)C(C)(C)O2)cc1C1CC1. The number of aryl methyl sites for hydroxylation is 1. The fourth-order valence-electron chi connectivity index (χ4n) is 2.69. The first-order chi connectivity index (χ1) is 9.21. The van der Waals surface area contributed by atoms with Crippen molar-refractivity contribution in [3.63, 3.8) is 0 Å². The van der Waals surface area contributed by atoms with Crippen molar-refractivity contribution < 1.29 is 13.7 Å². The van der Waals surface area contributed by atoms with Gasteiger partial charge in [0.15, 0.2) is 0 Å². The Labute approximate surface area is 120 Å². The summed E-state index contributed by atoms with van der Waals surface area (Å²) in [5.41, 5.74) is 1.95. The lowest BCUT2D eigenvalue weighted by molar-refractivity contribution is 0.00578. The molecule has 1 aromatic carbocycles. The van der Waals surface area contributed by atoms with Crippen molar-refractivity contribution in [2.45, 2.75) is 64.6 Å². The summed E-state index contributed by atoms with van der Waals surface area (Å²) < 4.78 is 26.2. The second-order valence-electron chi connectivity index (χ2n) is 7.09. The molecule has 2 aliphatic rings. The second-order valence-corrected chi connectivity index (χ2v) is 7.09. The Kier molecular flexibility index (Phi) is 3.04. The minimum Gasteiger partial charge on any atom is -0.399 e. The number of hydrogen-bond donors (Lipinski definition) is 0. The summed E-state index contributed by atoms with van der Waals surface area (Å²) >= 11 is 0. The molecule has 0 radical (unpaired) electrons. The monoisotopic (exact) mass is 276 g/mol. The second kappa shape index (κ2) is 4.31. The first-order valence-electron chi connectivity index (χ1n) is 7.37. The van der Waals surface area contributed by atoms with Crippen LogP contribution >= 0.6 is 0 Å². The molecular weight excluding hydrogens is 254 g/mol. The van der Waals surface area contributed by atoms with Crippen LogP contribution in [0, 0.1) is 12.7 Å². The topological polar surface area (TPSA) is 18.5 Å². The van der Waals surface area contributed by atoms with E-state index in [1.807, 2.05) is 40.7 Å². The van der Waals surface area contributed by atoms with Crippen LogP contribution < -0.4 is 5.46 Å². The van der Waals surface area contributed by atoms with Gasteiger partial charge in [-0.15, -0.1) is 0 Å². The van der Waals surface area contributed by atoms with Crippen LogP contribution in [-0.2, 0) is 9.31 Å². The summed E-state index contributed by atoms with van der Waals surface area (Å²) in [6.07, 6.45) is 2.41. The van der Waals surface area contributed by atoms with Crippen molar-refractivity contribution >= 4 is 12.6 Å². The molecule has 0 N–H and O–H groups in total. The van der Waals surface area contributed by atoms with Gasteiger partial charge in [-0.2, -0.15) is 0 Å². The molecule has 3 rings (SSSR count). The molecule has 4 heteroatoms. The van der Waals surface area contributed by atoms with Crippen LogP contribution in [0.3, 0.4) is 0 Å². The standard InChI is InChI=1S/C16H22BFO2/c1-10-8-14(18)13(9-12(10)11-6-7-11)17-19-15(2,3)16(4,5)20-17/h8-9,11H,6-7H2,1-5H3. The number of rotatable bonds is 2. The van der Waals surface area contributed by atoms with Crippen LogP contribution in [0.15, 0.2) is 12.1 Å². The third kappa shape index (κ3) is 2.19. The quantitative estimate of drug-likeness (QED) is 0.771. The molecule has 0 unspecified atom stereocenters. The normalized spacial score (nSPS) is 24.2. The number of hydrogen-bond acceptors (Lipinski definition) is 2. The minimum atomic E-state index is -0.613. The Bertz CT molecular complexity index is 534. The van der Waals surface area contributed by atoms with E-state index in [9.17, 15) is 4.39 Å². The summed E-state index contributed by atoms with van der Waals surface area (Å²) in [4.78, 5) is 0. The fraction of sp³-hybridized carbons (Fsp3) is 0.625. The van der Waals surface area contributed by atoms with E-state index in [0.717, 1.165) is 5.56 Å². The average Bonchev–Trinajstić information content (AvgIpc) is 3.07. The molecule has 1 saturated carbocycles. The van der Waals surface area contributed by atoms with Gasteiger partial charge >= 0.3 is 7.12 Å². The summed E-state index contributed by atoms with van der Waals surface area (Å²) in [7, 11) is -0.613. The molecule has 1 aliphatic carbocycles. The van der Waals surface area contributed by atoms with Crippen LogP contribution in [0.1, 0.15) is 57.6 Å². The highest BCUT2D eigenvalue weighted by Crippen LogP contribution is 2.42. The van der Waals surface area contributed by atoms with Gasteiger partial charge in [0.2, 0.25) is 0 Å². The van der Waals surface area contributed by atoms with E-state index < -0.39 is 18.3 Å². The van der Waals surface area contributed by atoms with Gasteiger partial charge in [0.05, 0.1) is 11.2 Å². The maximum absolute atomic E-state index is 14.3. The molecule has 0 spiro atoms. The Morgan fingerprint density at radius 3 is 2.15 bits per heavy atom. The van der Waals surface area contributed by atoms with Crippen molar-refractivity contribution in [1.29, 1.82) is 0 Å². The van der Waals surface area contributed by atoms with Crippen molar-refractivity contribution in [1.82, 2.24) is 0 Å². The molecular formula is C16H22BFO2. The Morgan fingerprint density at radius 1 is 1.10 bits per heavy atom. The van der Waals surface area contributed by atoms with E-state index >= 15 is 0 Å². The highest BCUT2D eigenvalue weighted by Gasteiger charge is 2.52. The molecule has 1 aliphatic heterocycles. The molecule has 0 amide bonds. The molecule has 1 heterocycles. The van der Waals surface area contributed by atoms with E-state index in [1.165, 1.54) is 18.4 Å². The molecule has 0 atom stereocenters. The molecule has 2 fully saturated rings. The summed E-state index contributed by atoms with van der Waals surface area (Å²) in [6, 6.07) is 3.57. The highest BCUT2D eigenvalue weighted by atomic mass is 19.1. The zero-order chi connectivity index (χ0) is 14.7. The Morgan fingerprint density at radius 2 is 1.65 bits per heavy atom. The third-order valence-corrected chi connectivity index (χ3v) is 4.91. The van der Waals surface area contributed by atoms with Crippen LogP contribution in [0.2, 0.25) is 0 Å². The largest absolute Gasteiger partial charge is 0.497 e. The van der Waals surface area contributed by atoms with Gasteiger partial charge < -0.3 is 9.31 Å². The van der Waals surface area contributed by atoms with Gasteiger partial charge in [-0.25, -0.2) is 4.39 Å². The van der Waals surface area contributed by atoms with Gasteiger partial charge in [-0.05, 0) is 70.6 Å². The van der Waals surface area contributed by atoms with Crippen molar-refractivity contribution in [3.8, 4) is 0 Å². The van der Waals surface area contributed by atoms with E-state index in [-0.39, 0.29) is 5.82 Å². The van der Waals surface area contributed by atoms with E-state index in [4.69, 9.17) is 9.31 Å². The van der Waals surface area contributed by atoms with E-state index in [0.29, 0.717) is 11.4 Å². The molecule has 1 saturated heterocycles. The summed E-state index contributed by atoms with van der Waals surface area (Å²) in [5, 5.41) is 0. The van der Waals surface area contributed by atoms with Gasteiger partial charge in [-0.3, -0.25) is 0 Å². The Hall–Kier alpha value is -0.865. The molecule has 20 heavy (non-hydrogen) atoms. The number of benzene rings is 1. The Balaban J connectivity index is 1.97. The van der Waals surface area contributed by atoms with Crippen LogP contribution in [0.25, 0.3) is 0 Å². The maximum Gasteiger partial charge on any atom is 0.497 e. The van der Waals surface area contributed by atoms with E-state index in [1.54, 1.807) is 6.07 Å². The predicted molar refractivity (Wildman–Crippen MR) is 78.8 cm³/mol. The van der Waals surface area contributed by atoms with E-state index in [2.05, 4.69) is 0 Å². The predicted octanol–water partition coefficient (Wildman–Crippen LogP) is 3.31. The van der Waals surface area contributed by atoms with Gasteiger partial charge in [-0.1, -0.05) is 6.07 Å². The molecule has 0 bridgehead atoms. The van der Waals surface area contributed by atoms with Crippen LogP contribution in [0.5, 0.6) is 0 Å². The first-order valence-corrected chi connectivity index (χ1v) is 7.37. The van der Waals surface area contributed by atoms with Gasteiger partial charge in [0.25, 0.3) is 0 Å². The number of halogens is 1. The third-order valence-electron chi connectivity index (χ3n) is 4.91. The van der Waals surface area contributed by atoms with Crippen LogP contribution in [0.4, 0.5) is 4.39 Å². The van der Waals surface area contributed by atoms with Crippen molar-refractivity contribution in [2.75, 3.05) is 0 Å². The summed E-state index contributed by atoms with van der Waals surface area (Å²) in [6.45, 7) is 9.92. The fourth-order valence-corrected chi connectivity index (χ4v) is 2.69. The maximum atomic E-state index is 14.3. The molecule has 0 aromatic heterocycles. The average molecular weight is 276 g/mol. The first kappa shape index (κ1) is 14.1.